The van der Waals surface area contributed by atoms with Crippen molar-refractivity contribution in [2.45, 2.75) is 11.3 Å². The molecular formula is C10H14BrNO3S. The summed E-state index contributed by atoms with van der Waals surface area (Å²) in [5.74, 6) is 0. The van der Waals surface area contributed by atoms with Gasteiger partial charge in [0.2, 0.25) is 10.0 Å². The fourth-order valence-electron chi connectivity index (χ4n) is 1.03. The Labute approximate surface area is 104 Å². The number of hydrogen-bond donors (Lipinski definition) is 1. The molecule has 90 valence electrons. The Hall–Kier alpha value is -0.430. The summed E-state index contributed by atoms with van der Waals surface area (Å²) in [6, 6.07) is 8.22. The summed E-state index contributed by atoms with van der Waals surface area (Å²) in [4.78, 5) is 0.249. The van der Waals surface area contributed by atoms with Gasteiger partial charge in [-0.15, -0.1) is 0 Å². The number of sulfonamides is 1. The van der Waals surface area contributed by atoms with E-state index < -0.39 is 10.0 Å². The van der Waals surface area contributed by atoms with E-state index in [1.165, 1.54) is 0 Å². The molecule has 1 N–H and O–H groups in total. The smallest absolute Gasteiger partial charge is 0.242 e. The molecular weight excluding hydrogens is 294 g/mol. The second-order valence-corrected chi connectivity index (χ2v) is 5.62. The second-order valence-electron chi connectivity index (χ2n) is 3.06. The molecule has 1 aromatic rings. The summed E-state index contributed by atoms with van der Waals surface area (Å²) in [5.41, 5.74) is 0. The highest BCUT2D eigenvalue weighted by atomic mass is 79.9. The SMILES string of the molecule is O=S(=O)(NCOCCCBr)c1ccccc1. The van der Waals surface area contributed by atoms with Gasteiger partial charge in [-0.05, 0) is 18.6 Å². The topological polar surface area (TPSA) is 55.4 Å². The standard InChI is InChI=1S/C10H14BrNO3S/c11-7-4-8-15-9-12-16(13,14)10-5-2-1-3-6-10/h1-3,5-6,12H,4,7-9H2. The predicted octanol–water partition coefficient (Wildman–Crippen LogP) is 1.72. The maximum Gasteiger partial charge on any atom is 0.242 e. The summed E-state index contributed by atoms with van der Waals surface area (Å²) in [6.07, 6.45) is 0.854. The highest BCUT2D eigenvalue weighted by molar-refractivity contribution is 9.09. The molecule has 4 nitrogen and oxygen atoms in total. The van der Waals surface area contributed by atoms with Crippen LogP contribution in [0.25, 0.3) is 0 Å². The second kappa shape index (κ2) is 7.01. The maximum atomic E-state index is 11.7. The van der Waals surface area contributed by atoms with E-state index in [0.29, 0.717) is 6.61 Å². The molecule has 1 aromatic carbocycles. The van der Waals surface area contributed by atoms with Crippen molar-refractivity contribution in [1.29, 1.82) is 0 Å². The van der Waals surface area contributed by atoms with Crippen LogP contribution in [-0.2, 0) is 14.8 Å². The Morgan fingerprint density at radius 3 is 2.56 bits per heavy atom. The minimum Gasteiger partial charge on any atom is -0.365 e. The van der Waals surface area contributed by atoms with E-state index in [0.717, 1.165) is 11.8 Å². The Morgan fingerprint density at radius 2 is 1.94 bits per heavy atom. The molecule has 0 heterocycles. The van der Waals surface area contributed by atoms with Gasteiger partial charge in [0, 0.05) is 11.9 Å². The van der Waals surface area contributed by atoms with Crippen LogP contribution in [0.1, 0.15) is 6.42 Å². The summed E-state index contributed by atoms with van der Waals surface area (Å²) < 4.78 is 30.8. The number of hydrogen-bond acceptors (Lipinski definition) is 3. The fourth-order valence-corrected chi connectivity index (χ4v) is 2.18. The lowest BCUT2D eigenvalue weighted by Gasteiger charge is -2.06. The van der Waals surface area contributed by atoms with Gasteiger partial charge in [0.1, 0.15) is 6.73 Å². The Kier molecular flexibility index (Phi) is 5.97. The molecule has 0 fully saturated rings. The number of rotatable bonds is 7. The van der Waals surface area contributed by atoms with Gasteiger partial charge in [0.15, 0.2) is 0 Å². The van der Waals surface area contributed by atoms with Gasteiger partial charge in [-0.3, -0.25) is 0 Å². The van der Waals surface area contributed by atoms with Crippen LogP contribution < -0.4 is 4.72 Å². The minimum atomic E-state index is -3.43. The third-order valence-electron chi connectivity index (χ3n) is 1.83. The van der Waals surface area contributed by atoms with Gasteiger partial charge < -0.3 is 4.74 Å². The number of alkyl halides is 1. The van der Waals surface area contributed by atoms with Gasteiger partial charge in [-0.25, -0.2) is 8.42 Å². The van der Waals surface area contributed by atoms with E-state index in [2.05, 4.69) is 20.7 Å². The maximum absolute atomic E-state index is 11.7. The first-order valence-corrected chi connectivity index (χ1v) is 7.46. The lowest BCUT2D eigenvalue weighted by Crippen LogP contribution is -2.26. The van der Waals surface area contributed by atoms with Gasteiger partial charge in [0.05, 0.1) is 4.90 Å². The van der Waals surface area contributed by atoms with Gasteiger partial charge in [0.25, 0.3) is 0 Å². The monoisotopic (exact) mass is 307 g/mol. The molecule has 0 spiro atoms. The highest BCUT2D eigenvalue weighted by Crippen LogP contribution is 2.06. The number of ether oxygens (including phenoxy) is 1. The summed E-state index contributed by atoms with van der Waals surface area (Å²) in [5, 5.41) is 0.846. The summed E-state index contributed by atoms with van der Waals surface area (Å²) in [6.45, 7) is 0.535. The van der Waals surface area contributed by atoms with Crippen LogP contribution in [0.3, 0.4) is 0 Å². The van der Waals surface area contributed by atoms with Gasteiger partial charge >= 0.3 is 0 Å². The molecule has 0 saturated heterocycles. The Balaban J connectivity index is 2.41. The molecule has 16 heavy (non-hydrogen) atoms. The third kappa shape index (κ3) is 4.61. The van der Waals surface area contributed by atoms with Crippen LogP contribution in [-0.4, -0.2) is 27.1 Å². The van der Waals surface area contributed by atoms with E-state index >= 15 is 0 Å². The van der Waals surface area contributed by atoms with Crippen LogP contribution in [0, 0.1) is 0 Å². The minimum absolute atomic E-state index is 0.00419. The number of halogens is 1. The molecule has 0 aliphatic rings. The van der Waals surface area contributed by atoms with Crippen LogP contribution in [0.2, 0.25) is 0 Å². The number of nitrogens with one attached hydrogen (secondary N) is 1. The molecule has 0 aliphatic carbocycles. The molecule has 0 saturated carbocycles. The van der Waals surface area contributed by atoms with Crippen molar-refractivity contribution < 1.29 is 13.2 Å². The molecule has 0 aliphatic heterocycles. The van der Waals surface area contributed by atoms with Crippen LogP contribution in [0.5, 0.6) is 0 Å². The largest absolute Gasteiger partial charge is 0.365 e. The normalized spacial score (nSPS) is 11.6. The van der Waals surface area contributed by atoms with Crippen molar-refractivity contribution in [1.82, 2.24) is 4.72 Å². The van der Waals surface area contributed by atoms with E-state index in [4.69, 9.17) is 4.74 Å². The zero-order valence-corrected chi connectivity index (χ0v) is 11.1. The Bertz CT molecular complexity index is 394. The summed E-state index contributed by atoms with van der Waals surface area (Å²) in [7, 11) is -3.43. The lowest BCUT2D eigenvalue weighted by atomic mass is 10.4. The molecule has 6 heteroatoms. The molecule has 0 bridgehead atoms. The summed E-state index contributed by atoms with van der Waals surface area (Å²) >= 11 is 3.26. The first-order chi connectivity index (χ1) is 7.67. The van der Waals surface area contributed by atoms with Gasteiger partial charge in [-0.2, -0.15) is 4.72 Å². The van der Waals surface area contributed by atoms with Crippen molar-refractivity contribution in [3.8, 4) is 0 Å². The quantitative estimate of drug-likeness (QED) is 0.474. The van der Waals surface area contributed by atoms with Crippen LogP contribution >= 0.6 is 15.9 Å². The van der Waals surface area contributed by atoms with E-state index in [-0.39, 0.29) is 11.6 Å². The van der Waals surface area contributed by atoms with Crippen LogP contribution in [0.15, 0.2) is 35.2 Å². The molecule has 0 aromatic heterocycles. The van der Waals surface area contributed by atoms with Crippen molar-refractivity contribution in [2.24, 2.45) is 0 Å². The fraction of sp³-hybridized carbons (Fsp3) is 0.400. The predicted molar refractivity (Wildman–Crippen MR) is 66.0 cm³/mol. The number of benzene rings is 1. The third-order valence-corrected chi connectivity index (χ3v) is 3.78. The van der Waals surface area contributed by atoms with E-state index in [9.17, 15) is 8.42 Å². The van der Waals surface area contributed by atoms with E-state index in [1.807, 2.05) is 0 Å². The Morgan fingerprint density at radius 1 is 1.25 bits per heavy atom. The van der Waals surface area contributed by atoms with Crippen LogP contribution in [0.4, 0.5) is 0 Å². The first-order valence-electron chi connectivity index (χ1n) is 4.85. The van der Waals surface area contributed by atoms with Crippen molar-refractivity contribution >= 4 is 26.0 Å². The average Bonchev–Trinajstić information content (AvgIpc) is 2.30. The zero-order chi connectivity index (χ0) is 11.9. The molecule has 0 unspecified atom stereocenters. The highest BCUT2D eigenvalue weighted by Gasteiger charge is 2.11. The van der Waals surface area contributed by atoms with E-state index in [1.54, 1.807) is 30.3 Å². The molecule has 0 amide bonds. The van der Waals surface area contributed by atoms with Crippen molar-refractivity contribution in [2.75, 3.05) is 18.7 Å². The van der Waals surface area contributed by atoms with Crippen molar-refractivity contribution in [3.63, 3.8) is 0 Å². The first kappa shape index (κ1) is 13.6. The lowest BCUT2D eigenvalue weighted by molar-refractivity contribution is 0.132. The van der Waals surface area contributed by atoms with Gasteiger partial charge in [-0.1, -0.05) is 34.1 Å². The molecule has 1 rings (SSSR count). The molecule has 0 radical (unpaired) electrons. The average molecular weight is 308 g/mol. The molecule has 0 atom stereocenters. The van der Waals surface area contributed by atoms with Crippen molar-refractivity contribution in [3.05, 3.63) is 30.3 Å². The zero-order valence-electron chi connectivity index (χ0n) is 8.73.